The van der Waals surface area contributed by atoms with Crippen LogP contribution in [0, 0.1) is 0 Å². The van der Waals surface area contributed by atoms with Crippen molar-refractivity contribution in [3.63, 3.8) is 0 Å². The minimum atomic E-state index is -1.40. The van der Waals surface area contributed by atoms with Crippen molar-refractivity contribution in [2.45, 2.75) is 31.2 Å². The number of carbonyl (C=O) groups excluding carboxylic acids is 1. The second kappa shape index (κ2) is 3.95. The predicted octanol–water partition coefficient (Wildman–Crippen LogP) is 2.64. The summed E-state index contributed by atoms with van der Waals surface area (Å²) in [6.07, 6.45) is 2.16. The van der Waals surface area contributed by atoms with Crippen molar-refractivity contribution in [2.24, 2.45) is 5.73 Å². The summed E-state index contributed by atoms with van der Waals surface area (Å²) in [5, 5.41) is -0.149. The van der Waals surface area contributed by atoms with Gasteiger partial charge in [0.05, 0.1) is 5.48 Å². The normalized spacial score (nSPS) is 30.4. The SMILES string of the molecule is [2H]c1c([2H])c([2H])c(C2(N)CCCCC2=O)c(Cl)c1[2H]. The van der Waals surface area contributed by atoms with Crippen LogP contribution in [-0.2, 0) is 10.3 Å². The van der Waals surface area contributed by atoms with E-state index in [1.165, 1.54) is 0 Å². The van der Waals surface area contributed by atoms with Gasteiger partial charge >= 0.3 is 0 Å². The molecule has 0 amide bonds. The number of halogens is 1. The fourth-order valence-corrected chi connectivity index (χ4v) is 2.18. The highest BCUT2D eigenvalue weighted by Crippen LogP contribution is 2.35. The molecule has 1 atom stereocenters. The highest BCUT2D eigenvalue weighted by Gasteiger charge is 2.38. The van der Waals surface area contributed by atoms with Gasteiger partial charge in [0, 0.05) is 11.4 Å². The van der Waals surface area contributed by atoms with E-state index in [1.54, 1.807) is 0 Å². The van der Waals surface area contributed by atoms with E-state index in [0.717, 1.165) is 12.8 Å². The fourth-order valence-electron chi connectivity index (χ4n) is 1.92. The molecule has 1 fully saturated rings. The third-order valence-electron chi connectivity index (χ3n) is 2.81. The van der Waals surface area contributed by atoms with E-state index in [1.807, 2.05) is 0 Å². The van der Waals surface area contributed by atoms with Crippen LogP contribution in [-0.4, -0.2) is 5.78 Å². The third kappa shape index (κ3) is 1.80. The standard InChI is InChI=1S/C12H14ClNO/c13-10-6-2-1-5-9(10)12(14)8-4-3-7-11(12)15/h1-2,5-6H,3-4,7-8,14H2/i1D,2D,5D,6D. The number of rotatable bonds is 1. The van der Waals surface area contributed by atoms with Crippen molar-refractivity contribution in [3.05, 3.63) is 34.8 Å². The summed E-state index contributed by atoms with van der Waals surface area (Å²) >= 11 is 6.02. The quantitative estimate of drug-likeness (QED) is 0.802. The molecule has 1 aromatic carbocycles. The van der Waals surface area contributed by atoms with E-state index in [9.17, 15) is 4.79 Å². The van der Waals surface area contributed by atoms with Crippen molar-refractivity contribution < 1.29 is 10.3 Å². The van der Waals surface area contributed by atoms with Gasteiger partial charge in [0.15, 0.2) is 5.78 Å². The van der Waals surface area contributed by atoms with Crippen LogP contribution in [0.3, 0.4) is 0 Å². The number of Topliss-reactive ketones (excluding diaryl/α,β-unsaturated/α-hetero) is 1. The van der Waals surface area contributed by atoms with Crippen molar-refractivity contribution in [1.29, 1.82) is 0 Å². The van der Waals surface area contributed by atoms with Gasteiger partial charge in [-0.25, -0.2) is 0 Å². The number of benzene rings is 1. The van der Waals surface area contributed by atoms with Crippen LogP contribution in [0.5, 0.6) is 0 Å². The van der Waals surface area contributed by atoms with E-state index in [2.05, 4.69) is 0 Å². The molecule has 1 saturated carbocycles. The Morgan fingerprint density at radius 1 is 1.40 bits per heavy atom. The Balaban J connectivity index is 2.72. The minimum absolute atomic E-state index is 0.0323. The van der Waals surface area contributed by atoms with Crippen LogP contribution >= 0.6 is 11.6 Å². The zero-order valence-electron chi connectivity index (χ0n) is 12.2. The molecule has 15 heavy (non-hydrogen) atoms. The van der Waals surface area contributed by atoms with Gasteiger partial charge in [-0.05, 0) is 24.4 Å². The van der Waals surface area contributed by atoms with Gasteiger partial charge in [0.25, 0.3) is 0 Å². The first-order valence-corrected chi connectivity index (χ1v) is 5.27. The molecule has 0 heterocycles. The molecule has 0 radical (unpaired) electrons. The van der Waals surface area contributed by atoms with Gasteiger partial charge in [-0.2, -0.15) is 0 Å². The topological polar surface area (TPSA) is 43.1 Å². The summed E-state index contributed by atoms with van der Waals surface area (Å²) in [5.41, 5.74) is 4.77. The second-order valence-corrected chi connectivity index (χ2v) is 4.17. The van der Waals surface area contributed by atoms with Crippen LogP contribution in [0.2, 0.25) is 5.02 Å². The molecule has 0 aromatic heterocycles. The van der Waals surface area contributed by atoms with E-state index in [0.29, 0.717) is 12.8 Å². The van der Waals surface area contributed by atoms with Crippen LogP contribution in [0.15, 0.2) is 24.2 Å². The summed E-state index contributed by atoms with van der Waals surface area (Å²) in [6.45, 7) is 0. The molecule has 0 saturated heterocycles. The Morgan fingerprint density at radius 2 is 2.13 bits per heavy atom. The van der Waals surface area contributed by atoms with Gasteiger partial charge in [0.1, 0.15) is 5.54 Å². The summed E-state index contributed by atoms with van der Waals surface area (Å²) < 4.78 is 30.8. The number of carbonyl (C=O) groups is 1. The molecule has 0 spiro atoms. The molecular formula is C12H14ClNO. The monoisotopic (exact) mass is 227 g/mol. The number of hydrogen-bond donors (Lipinski definition) is 1. The van der Waals surface area contributed by atoms with Crippen molar-refractivity contribution in [2.75, 3.05) is 0 Å². The lowest BCUT2D eigenvalue weighted by Gasteiger charge is -2.32. The number of nitrogens with two attached hydrogens (primary N) is 1. The summed E-state index contributed by atoms with van der Waals surface area (Å²) in [5.74, 6) is -0.217. The average molecular weight is 228 g/mol. The molecule has 80 valence electrons. The zero-order chi connectivity index (χ0) is 14.4. The molecule has 1 unspecified atom stereocenters. The molecule has 1 aromatic rings. The first kappa shape index (κ1) is 6.66. The molecule has 0 bridgehead atoms. The lowest BCUT2D eigenvalue weighted by molar-refractivity contribution is -0.126. The molecular weight excluding hydrogens is 210 g/mol. The first-order chi connectivity index (χ1) is 8.80. The van der Waals surface area contributed by atoms with Crippen molar-refractivity contribution in [1.82, 2.24) is 0 Å². The van der Waals surface area contributed by atoms with Gasteiger partial charge in [0.2, 0.25) is 0 Å². The maximum Gasteiger partial charge on any atom is 0.157 e. The van der Waals surface area contributed by atoms with Crippen LogP contribution in [0.4, 0.5) is 0 Å². The van der Waals surface area contributed by atoms with E-state index in [4.69, 9.17) is 22.8 Å². The Hall–Kier alpha value is -0.860. The highest BCUT2D eigenvalue weighted by molar-refractivity contribution is 6.31. The van der Waals surface area contributed by atoms with Gasteiger partial charge in [-0.3, -0.25) is 4.79 Å². The Morgan fingerprint density at radius 3 is 2.87 bits per heavy atom. The van der Waals surface area contributed by atoms with Crippen molar-refractivity contribution >= 4 is 17.4 Å². The maximum atomic E-state index is 12.1. The lowest BCUT2D eigenvalue weighted by atomic mass is 9.76. The Labute approximate surface area is 100 Å². The molecule has 1 aliphatic rings. The highest BCUT2D eigenvalue weighted by atomic mass is 35.5. The summed E-state index contributed by atoms with van der Waals surface area (Å²) in [4.78, 5) is 12.1. The molecule has 3 heteroatoms. The van der Waals surface area contributed by atoms with E-state index in [-0.39, 0.29) is 28.5 Å². The van der Waals surface area contributed by atoms with E-state index < -0.39 is 17.6 Å². The number of ketones is 1. The van der Waals surface area contributed by atoms with Crippen LogP contribution in [0.25, 0.3) is 0 Å². The smallest absolute Gasteiger partial charge is 0.157 e. The van der Waals surface area contributed by atoms with Crippen LogP contribution in [0.1, 0.15) is 36.7 Å². The lowest BCUT2D eigenvalue weighted by Crippen LogP contribution is -2.47. The molecule has 2 rings (SSSR count). The molecule has 2 N–H and O–H groups in total. The largest absolute Gasteiger partial charge is 0.315 e. The average Bonchev–Trinajstić information content (AvgIpc) is 2.38. The first-order valence-electron chi connectivity index (χ1n) is 6.89. The van der Waals surface area contributed by atoms with E-state index >= 15 is 0 Å². The van der Waals surface area contributed by atoms with Gasteiger partial charge in [-0.1, -0.05) is 36.1 Å². The third-order valence-corrected chi connectivity index (χ3v) is 3.09. The maximum absolute atomic E-state index is 12.1. The molecule has 2 nitrogen and oxygen atoms in total. The Bertz CT molecular complexity index is 534. The van der Waals surface area contributed by atoms with Gasteiger partial charge < -0.3 is 5.73 Å². The fraction of sp³-hybridized carbons (Fsp3) is 0.417. The minimum Gasteiger partial charge on any atom is -0.315 e. The van der Waals surface area contributed by atoms with Gasteiger partial charge in [-0.15, -0.1) is 0 Å². The molecule has 1 aliphatic carbocycles. The predicted molar refractivity (Wildman–Crippen MR) is 60.8 cm³/mol. The summed E-state index contributed by atoms with van der Waals surface area (Å²) in [7, 11) is 0. The number of hydrogen-bond acceptors (Lipinski definition) is 2. The van der Waals surface area contributed by atoms with Crippen molar-refractivity contribution in [3.8, 4) is 0 Å². The zero-order valence-corrected chi connectivity index (χ0v) is 8.95. The second-order valence-electron chi connectivity index (χ2n) is 3.79. The Kier molecular flexibility index (Phi) is 1.76. The molecule has 0 aliphatic heterocycles. The van der Waals surface area contributed by atoms with Crippen LogP contribution < -0.4 is 5.73 Å². The summed E-state index contributed by atoms with van der Waals surface area (Å²) in [6, 6.07) is -1.48.